The van der Waals surface area contributed by atoms with Crippen molar-refractivity contribution in [2.24, 2.45) is 0 Å². The summed E-state index contributed by atoms with van der Waals surface area (Å²) in [4.78, 5) is 15.8. The van der Waals surface area contributed by atoms with Crippen molar-refractivity contribution in [1.29, 1.82) is 0 Å². The third-order valence-corrected chi connectivity index (χ3v) is 3.30. The number of esters is 1. The molecule has 3 aromatic rings. The number of aromatic nitrogens is 2. The predicted octanol–water partition coefficient (Wildman–Crippen LogP) is 3.65. The van der Waals surface area contributed by atoms with E-state index in [1.165, 1.54) is 24.3 Å². The van der Waals surface area contributed by atoms with Gasteiger partial charge in [-0.1, -0.05) is 35.0 Å². The number of rotatable bonds is 6. The van der Waals surface area contributed by atoms with E-state index in [1.807, 2.05) is 0 Å². The van der Waals surface area contributed by atoms with E-state index < -0.39 is 11.8 Å². The zero-order chi connectivity index (χ0) is 17.6. The van der Waals surface area contributed by atoms with Crippen LogP contribution in [0.1, 0.15) is 5.89 Å². The Hall–Kier alpha value is -2.93. The fourth-order valence-electron chi connectivity index (χ4n) is 1.94. The summed E-state index contributed by atoms with van der Waals surface area (Å²) in [5.41, 5.74) is 0.684. The zero-order valence-corrected chi connectivity index (χ0v) is 13.6. The highest BCUT2D eigenvalue weighted by atomic mass is 35.5. The molecule has 0 spiro atoms. The number of carbonyl (C=O) groups excluding carboxylic acids is 1. The third kappa shape index (κ3) is 4.77. The van der Waals surface area contributed by atoms with Gasteiger partial charge in [0.15, 0.2) is 13.2 Å². The molecule has 0 saturated heterocycles. The van der Waals surface area contributed by atoms with Crippen LogP contribution in [0.25, 0.3) is 11.4 Å². The van der Waals surface area contributed by atoms with E-state index in [4.69, 9.17) is 25.6 Å². The Labute approximate surface area is 147 Å². The lowest BCUT2D eigenvalue weighted by Gasteiger charge is -2.05. The van der Waals surface area contributed by atoms with E-state index in [2.05, 4.69) is 10.1 Å². The molecular formula is C17H12ClFN2O4. The molecule has 0 aliphatic rings. The normalized spacial score (nSPS) is 10.5. The molecule has 0 amide bonds. The first-order valence-corrected chi connectivity index (χ1v) is 7.60. The standard InChI is InChI=1S/C17H12ClFN2O4/c18-12-4-1-3-11(7-12)17-20-15(25-21-17)9-24-16(22)10-23-14-6-2-5-13(19)8-14/h1-8H,9-10H2. The van der Waals surface area contributed by atoms with Gasteiger partial charge in [0, 0.05) is 16.7 Å². The highest BCUT2D eigenvalue weighted by Gasteiger charge is 2.12. The van der Waals surface area contributed by atoms with Crippen LogP contribution in [-0.4, -0.2) is 22.7 Å². The Morgan fingerprint density at radius 1 is 1.20 bits per heavy atom. The van der Waals surface area contributed by atoms with Crippen molar-refractivity contribution in [1.82, 2.24) is 10.1 Å². The van der Waals surface area contributed by atoms with Gasteiger partial charge in [0.25, 0.3) is 5.89 Å². The summed E-state index contributed by atoms with van der Waals surface area (Å²) in [6, 6.07) is 12.4. The molecule has 0 atom stereocenters. The lowest BCUT2D eigenvalue weighted by molar-refractivity contribution is -0.148. The highest BCUT2D eigenvalue weighted by Crippen LogP contribution is 2.20. The third-order valence-electron chi connectivity index (χ3n) is 3.06. The Bertz CT molecular complexity index is 884. The SMILES string of the molecule is O=C(COc1cccc(F)c1)OCc1nc(-c2cccc(Cl)c2)no1. The molecule has 0 unspecified atom stereocenters. The van der Waals surface area contributed by atoms with Gasteiger partial charge in [-0.15, -0.1) is 0 Å². The van der Waals surface area contributed by atoms with E-state index in [9.17, 15) is 9.18 Å². The summed E-state index contributed by atoms with van der Waals surface area (Å²) in [5, 5.41) is 4.35. The zero-order valence-electron chi connectivity index (χ0n) is 12.8. The number of nitrogens with zero attached hydrogens (tertiary/aromatic N) is 2. The van der Waals surface area contributed by atoms with Gasteiger partial charge in [-0.3, -0.25) is 0 Å². The van der Waals surface area contributed by atoms with E-state index >= 15 is 0 Å². The van der Waals surface area contributed by atoms with Crippen LogP contribution in [0.15, 0.2) is 53.1 Å². The molecule has 2 aromatic carbocycles. The van der Waals surface area contributed by atoms with Crippen molar-refractivity contribution < 1.29 is 23.2 Å². The van der Waals surface area contributed by atoms with Crippen LogP contribution in [0, 0.1) is 5.82 Å². The number of hydrogen-bond donors (Lipinski definition) is 0. The van der Waals surface area contributed by atoms with Crippen molar-refractivity contribution in [2.75, 3.05) is 6.61 Å². The van der Waals surface area contributed by atoms with Crippen LogP contribution in [0.5, 0.6) is 5.75 Å². The molecule has 6 nitrogen and oxygen atoms in total. The second-order valence-corrected chi connectivity index (χ2v) is 5.37. The van der Waals surface area contributed by atoms with Gasteiger partial charge < -0.3 is 14.0 Å². The molecular weight excluding hydrogens is 351 g/mol. The van der Waals surface area contributed by atoms with Crippen LogP contribution >= 0.6 is 11.6 Å². The van der Waals surface area contributed by atoms with Crippen LogP contribution in [0.2, 0.25) is 5.02 Å². The number of carbonyl (C=O) groups is 1. The quantitative estimate of drug-likeness (QED) is 0.623. The van der Waals surface area contributed by atoms with Crippen molar-refractivity contribution in [3.8, 4) is 17.1 Å². The van der Waals surface area contributed by atoms with Crippen LogP contribution in [-0.2, 0) is 16.1 Å². The predicted molar refractivity (Wildman–Crippen MR) is 86.4 cm³/mol. The lowest BCUT2D eigenvalue weighted by atomic mass is 10.2. The van der Waals surface area contributed by atoms with Gasteiger partial charge in [-0.2, -0.15) is 4.98 Å². The maximum absolute atomic E-state index is 13.0. The van der Waals surface area contributed by atoms with Gasteiger partial charge in [-0.25, -0.2) is 9.18 Å². The minimum atomic E-state index is -0.647. The molecule has 0 radical (unpaired) electrons. The van der Waals surface area contributed by atoms with Crippen LogP contribution in [0.3, 0.4) is 0 Å². The Morgan fingerprint density at radius 2 is 2.04 bits per heavy atom. The fraction of sp³-hybridized carbons (Fsp3) is 0.118. The molecule has 0 aliphatic heterocycles. The van der Waals surface area contributed by atoms with Gasteiger partial charge >= 0.3 is 5.97 Å². The minimum Gasteiger partial charge on any atom is -0.482 e. The van der Waals surface area contributed by atoms with E-state index in [-0.39, 0.29) is 24.9 Å². The molecule has 0 aliphatic carbocycles. The molecule has 0 fully saturated rings. The smallest absolute Gasteiger partial charge is 0.344 e. The molecule has 0 bridgehead atoms. The largest absolute Gasteiger partial charge is 0.482 e. The molecule has 0 N–H and O–H groups in total. The maximum Gasteiger partial charge on any atom is 0.344 e. The lowest BCUT2D eigenvalue weighted by Crippen LogP contribution is -2.14. The summed E-state index contributed by atoms with van der Waals surface area (Å²) in [6.07, 6.45) is 0. The maximum atomic E-state index is 13.0. The van der Waals surface area contributed by atoms with Gasteiger partial charge in [0.2, 0.25) is 5.82 Å². The van der Waals surface area contributed by atoms with Crippen molar-refractivity contribution in [3.05, 3.63) is 65.3 Å². The monoisotopic (exact) mass is 362 g/mol. The molecule has 3 rings (SSSR count). The van der Waals surface area contributed by atoms with Gasteiger partial charge in [-0.05, 0) is 24.3 Å². The topological polar surface area (TPSA) is 74.5 Å². The molecule has 1 heterocycles. The van der Waals surface area contributed by atoms with Crippen molar-refractivity contribution >= 4 is 17.6 Å². The molecule has 8 heteroatoms. The first-order valence-electron chi connectivity index (χ1n) is 7.23. The van der Waals surface area contributed by atoms with Crippen LogP contribution in [0.4, 0.5) is 4.39 Å². The average Bonchev–Trinajstić information content (AvgIpc) is 3.07. The first kappa shape index (κ1) is 16.9. The van der Waals surface area contributed by atoms with Crippen molar-refractivity contribution in [3.63, 3.8) is 0 Å². The summed E-state index contributed by atoms with van der Waals surface area (Å²) in [5.74, 6) is -0.395. The Balaban J connectivity index is 1.51. The van der Waals surface area contributed by atoms with E-state index in [0.717, 1.165) is 0 Å². The number of ether oxygens (including phenoxy) is 2. The first-order chi connectivity index (χ1) is 12.1. The fourth-order valence-corrected chi connectivity index (χ4v) is 2.13. The van der Waals surface area contributed by atoms with Gasteiger partial charge in [0.1, 0.15) is 11.6 Å². The number of halogens is 2. The molecule has 0 saturated carbocycles. The molecule has 25 heavy (non-hydrogen) atoms. The summed E-state index contributed by atoms with van der Waals surface area (Å²) < 4.78 is 28.1. The average molecular weight is 363 g/mol. The van der Waals surface area contributed by atoms with Gasteiger partial charge in [0.05, 0.1) is 0 Å². The van der Waals surface area contributed by atoms with Crippen molar-refractivity contribution in [2.45, 2.75) is 6.61 Å². The molecule has 128 valence electrons. The van der Waals surface area contributed by atoms with E-state index in [0.29, 0.717) is 16.4 Å². The highest BCUT2D eigenvalue weighted by molar-refractivity contribution is 6.30. The molecule has 1 aromatic heterocycles. The van der Waals surface area contributed by atoms with E-state index in [1.54, 1.807) is 24.3 Å². The summed E-state index contributed by atoms with van der Waals surface area (Å²) in [6.45, 7) is -0.558. The van der Waals surface area contributed by atoms with Crippen LogP contribution < -0.4 is 4.74 Å². The second kappa shape index (κ2) is 7.76. The summed E-state index contributed by atoms with van der Waals surface area (Å²) >= 11 is 5.91. The minimum absolute atomic E-state index is 0.133. The second-order valence-electron chi connectivity index (χ2n) is 4.93. The number of benzene rings is 2. The Kier molecular flexibility index (Phi) is 5.25. The summed E-state index contributed by atoms with van der Waals surface area (Å²) in [7, 11) is 0. The Morgan fingerprint density at radius 3 is 2.84 bits per heavy atom. The number of hydrogen-bond acceptors (Lipinski definition) is 6.